The second kappa shape index (κ2) is 7.33. The van der Waals surface area contributed by atoms with Crippen LogP contribution in [-0.4, -0.2) is 24.5 Å². The molecule has 1 atom stereocenters. The van der Waals surface area contributed by atoms with Crippen molar-refractivity contribution in [1.29, 1.82) is 0 Å². The standard InChI is InChI=1S/C18H16Cl2N2O3/c1-11-9-16(23)21-14-7-2-3-8-15(14)22(11)17(24)10-25-18-12(19)5-4-6-13(18)20/h2-8,11H,9-10H2,1H3,(H,21,23). The number of para-hydroxylation sites is 3. The molecule has 0 bridgehead atoms. The number of carbonyl (C=O) groups excluding carboxylic acids is 2. The Hall–Kier alpha value is -2.24. The minimum atomic E-state index is -0.304. The van der Waals surface area contributed by atoms with Crippen molar-refractivity contribution in [3.63, 3.8) is 0 Å². The van der Waals surface area contributed by atoms with Crippen molar-refractivity contribution in [2.45, 2.75) is 19.4 Å². The minimum Gasteiger partial charge on any atom is -0.481 e. The summed E-state index contributed by atoms with van der Waals surface area (Å²) in [5.41, 5.74) is 1.24. The fourth-order valence-corrected chi connectivity index (χ4v) is 3.30. The van der Waals surface area contributed by atoms with Crippen molar-refractivity contribution in [3.05, 3.63) is 52.5 Å². The summed E-state index contributed by atoms with van der Waals surface area (Å²) in [5.74, 6) is -0.151. The lowest BCUT2D eigenvalue weighted by Gasteiger charge is -2.27. The van der Waals surface area contributed by atoms with E-state index in [0.29, 0.717) is 21.4 Å². The Morgan fingerprint density at radius 1 is 1.20 bits per heavy atom. The Kier molecular flexibility index (Phi) is 5.16. The Bertz CT molecular complexity index is 805. The van der Waals surface area contributed by atoms with Gasteiger partial charge in [0.25, 0.3) is 5.91 Å². The summed E-state index contributed by atoms with van der Waals surface area (Å²) < 4.78 is 5.55. The molecule has 1 heterocycles. The summed E-state index contributed by atoms with van der Waals surface area (Å²) in [7, 11) is 0. The number of anilines is 2. The molecular formula is C18H16Cl2N2O3. The highest BCUT2D eigenvalue weighted by atomic mass is 35.5. The van der Waals surface area contributed by atoms with Gasteiger partial charge in [-0.15, -0.1) is 0 Å². The maximum Gasteiger partial charge on any atom is 0.265 e. The molecule has 0 fully saturated rings. The molecule has 0 saturated heterocycles. The molecule has 130 valence electrons. The molecule has 1 N–H and O–H groups in total. The number of amides is 2. The number of carbonyl (C=O) groups is 2. The highest BCUT2D eigenvalue weighted by Crippen LogP contribution is 2.34. The summed E-state index contributed by atoms with van der Waals surface area (Å²) in [6.45, 7) is 1.58. The summed E-state index contributed by atoms with van der Waals surface area (Å²) >= 11 is 12.1. The number of rotatable bonds is 3. The van der Waals surface area contributed by atoms with Crippen molar-refractivity contribution in [2.75, 3.05) is 16.8 Å². The average molecular weight is 379 g/mol. The van der Waals surface area contributed by atoms with Gasteiger partial charge in [0.15, 0.2) is 12.4 Å². The molecule has 0 aliphatic carbocycles. The van der Waals surface area contributed by atoms with Gasteiger partial charge in [0.05, 0.1) is 21.4 Å². The van der Waals surface area contributed by atoms with Gasteiger partial charge in [-0.25, -0.2) is 0 Å². The van der Waals surface area contributed by atoms with E-state index < -0.39 is 0 Å². The van der Waals surface area contributed by atoms with Gasteiger partial charge in [-0.2, -0.15) is 0 Å². The number of nitrogens with zero attached hydrogens (tertiary/aromatic N) is 1. The molecule has 5 nitrogen and oxygen atoms in total. The maximum absolute atomic E-state index is 12.8. The van der Waals surface area contributed by atoms with E-state index >= 15 is 0 Å². The van der Waals surface area contributed by atoms with E-state index in [-0.39, 0.29) is 36.6 Å². The predicted molar refractivity (Wildman–Crippen MR) is 98.6 cm³/mol. The molecule has 25 heavy (non-hydrogen) atoms. The number of hydrogen-bond acceptors (Lipinski definition) is 3. The molecule has 1 aliphatic heterocycles. The number of halogens is 2. The van der Waals surface area contributed by atoms with E-state index in [1.165, 1.54) is 0 Å². The molecule has 1 unspecified atom stereocenters. The van der Waals surface area contributed by atoms with Crippen LogP contribution in [0, 0.1) is 0 Å². The van der Waals surface area contributed by atoms with Crippen molar-refractivity contribution >= 4 is 46.4 Å². The first-order valence-electron chi connectivity index (χ1n) is 7.75. The first-order chi connectivity index (χ1) is 12.0. The van der Waals surface area contributed by atoms with Gasteiger partial charge in [0.2, 0.25) is 5.91 Å². The van der Waals surface area contributed by atoms with Crippen LogP contribution in [0.25, 0.3) is 0 Å². The van der Waals surface area contributed by atoms with Gasteiger partial charge in [0, 0.05) is 12.5 Å². The highest BCUT2D eigenvalue weighted by Gasteiger charge is 2.29. The molecule has 7 heteroatoms. The van der Waals surface area contributed by atoms with Crippen LogP contribution >= 0.6 is 23.2 Å². The van der Waals surface area contributed by atoms with Gasteiger partial charge in [-0.3, -0.25) is 9.59 Å². The zero-order chi connectivity index (χ0) is 18.0. The topological polar surface area (TPSA) is 58.6 Å². The highest BCUT2D eigenvalue weighted by molar-refractivity contribution is 6.37. The van der Waals surface area contributed by atoms with Crippen molar-refractivity contribution in [1.82, 2.24) is 0 Å². The molecule has 0 aromatic heterocycles. The summed E-state index contributed by atoms with van der Waals surface area (Å²) in [6.07, 6.45) is 0.202. The lowest BCUT2D eigenvalue weighted by atomic mass is 10.1. The third-order valence-electron chi connectivity index (χ3n) is 3.89. The van der Waals surface area contributed by atoms with Crippen LogP contribution in [-0.2, 0) is 9.59 Å². The van der Waals surface area contributed by atoms with E-state index in [9.17, 15) is 9.59 Å². The van der Waals surface area contributed by atoms with E-state index in [4.69, 9.17) is 27.9 Å². The first-order valence-corrected chi connectivity index (χ1v) is 8.50. The molecule has 2 aromatic rings. The molecule has 1 aliphatic rings. The second-order valence-corrected chi connectivity index (χ2v) is 6.54. The van der Waals surface area contributed by atoms with Gasteiger partial charge in [0.1, 0.15) is 0 Å². The van der Waals surface area contributed by atoms with E-state index in [2.05, 4.69) is 5.32 Å². The van der Waals surface area contributed by atoms with Gasteiger partial charge in [-0.1, -0.05) is 41.4 Å². The second-order valence-electron chi connectivity index (χ2n) is 5.72. The third kappa shape index (κ3) is 3.72. The van der Waals surface area contributed by atoms with E-state index in [1.807, 2.05) is 13.0 Å². The van der Waals surface area contributed by atoms with Crippen molar-refractivity contribution in [2.24, 2.45) is 0 Å². The van der Waals surface area contributed by atoms with E-state index in [1.54, 1.807) is 41.3 Å². The maximum atomic E-state index is 12.8. The number of ether oxygens (including phenoxy) is 1. The van der Waals surface area contributed by atoms with Crippen LogP contribution in [0.3, 0.4) is 0 Å². The summed E-state index contributed by atoms with van der Waals surface area (Å²) in [5, 5.41) is 3.48. The van der Waals surface area contributed by atoms with Crippen LogP contribution in [0.2, 0.25) is 10.0 Å². The minimum absolute atomic E-state index is 0.134. The first kappa shape index (κ1) is 17.6. The molecule has 0 saturated carbocycles. The van der Waals surface area contributed by atoms with Crippen LogP contribution in [0.5, 0.6) is 5.75 Å². The SMILES string of the molecule is CC1CC(=O)Nc2ccccc2N1C(=O)COc1c(Cl)cccc1Cl. The smallest absolute Gasteiger partial charge is 0.265 e. The van der Waals surface area contributed by atoms with E-state index in [0.717, 1.165) is 0 Å². The van der Waals surface area contributed by atoms with Crippen molar-refractivity contribution in [3.8, 4) is 5.75 Å². The lowest BCUT2D eigenvalue weighted by Crippen LogP contribution is -2.41. The zero-order valence-electron chi connectivity index (χ0n) is 13.5. The van der Waals surface area contributed by atoms with Crippen LogP contribution < -0.4 is 15.0 Å². The number of benzene rings is 2. The number of fused-ring (bicyclic) bond motifs is 1. The lowest BCUT2D eigenvalue weighted by molar-refractivity contribution is -0.121. The van der Waals surface area contributed by atoms with Crippen molar-refractivity contribution < 1.29 is 14.3 Å². The fraction of sp³-hybridized carbons (Fsp3) is 0.222. The Morgan fingerprint density at radius 2 is 1.88 bits per heavy atom. The molecule has 3 rings (SSSR count). The van der Waals surface area contributed by atoms with Gasteiger partial charge >= 0.3 is 0 Å². The summed E-state index contributed by atoms with van der Waals surface area (Å²) in [4.78, 5) is 26.3. The monoisotopic (exact) mass is 378 g/mol. The largest absolute Gasteiger partial charge is 0.481 e. The summed E-state index contributed by atoms with van der Waals surface area (Å²) in [6, 6.07) is 11.8. The zero-order valence-corrected chi connectivity index (χ0v) is 15.0. The van der Waals surface area contributed by atoms with Crippen LogP contribution in [0.4, 0.5) is 11.4 Å². The normalized spacial score (nSPS) is 16.7. The van der Waals surface area contributed by atoms with Crippen LogP contribution in [0.15, 0.2) is 42.5 Å². The molecular weight excluding hydrogens is 363 g/mol. The van der Waals surface area contributed by atoms with Gasteiger partial charge in [-0.05, 0) is 31.2 Å². The predicted octanol–water partition coefficient (Wildman–Crippen LogP) is 4.14. The quantitative estimate of drug-likeness (QED) is 0.872. The molecule has 2 amide bonds. The third-order valence-corrected chi connectivity index (χ3v) is 4.48. The number of nitrogens with one attached hydrogen (secondary N) is 1. The Labute approximate surface area is 155 Å². The Balaban J connectivity index is 1.84. The van der Waals surface area contributed by atoms with Crippen LogP contribution in [0.1, 0.15) is 13.3 Å². The molecule has 2 aromatic carbocycles. The molecule has 0 spiro atoms. The average Bonchev–Trinajstić information content (AvgIpc) is 2.68. The Morgan fingerprint density at radius 3 is 2.60 bits per heavy atom. The molecule has 0 radical (unpaired) electrons. The fourth-order valence-electron chi connectivity index (χ4n) is 2.79. The number of hydrogen-bond donors (Lipinski definition) is 1. The van der Waals surface area contributed by atoms with Gasteiger partial charge < -0.3 is 15.0 Å².